The largest absolute Gasteiger partial charge is 0.295 e. The summed E-state index contributed by atoms with van der Waals surface area (Å²) in [4.78, 5) is 4.63. The minimum absolute atomic E-state index is 0.389. The molecule has 2 aromatic carbocycles. The quantitative estimate of drug-likeness (QED) is 0.367. The van der Waals surface area contributed by atoms with Crippen LogP contribution >= 0.6 is 50.1 Å². The van der Waals surface area contributed by atoms with Gasteiger partial charge in [0.2, 0.25) is 0 Å². The third kappa shape index (κ3) is 2.49. The van der Waals surface area contributed by atoms with Gasteiger partial charge in [-0.3, -0.25) is 4.57 Å². The van der Waals surface area contributed by atoms with Crippen LogP contribution in [-0.2, 0) is 5.88 Å². The molecule has 0 unspecified atom stereocenters. The van der Waals surface area contributed by atoms with E-state index in [1.54, 1.807) is 0 Å². The fourth-order valence-electron chi connectivity index (χ4n) is 2.25. The molecule has 0 N–H and O–H groups in total. The summed E-state index contributed by atoms with van der Waals surface area (Å²) in [7, 11) is 0. The summed E-state index contributed by atoms with van der Waals surface area (Å²) in [5, 5.41) is 0. The molecular formula is C15H11BrClIN2. The topological polar surface area (TPSA) is 17.8 Å². The lowest BCUT2D eigenvalue weighted by molar-refractivity contribution is 0.979. The van der Waals surface area contributed by atoms with Gasteiger partial charge >= 0.3 is 0 Å². The van der Waals surface area contributed by atoms with Crippen molar-refractivity contribution in [2.45, 2.75) is 12.8 Å². The van der Waals surface area contributed by atoms with Crippen molar-refractivity contribution in [2.24, 2.45) is 0 Å². The molecule has 0 spiro atoms. The number of hydrogen-bond acceptors (Lipinski definition) is 1. The van der Waals surface area contributed by atoms with E-state index in [4.69, 9.17) is 11.6 Å². The fourth-order valence-corrected chi connectivity index (χ4v) is 3.15. The van der Waals surface area contributed by atoms with Crippen LogP contribution in [0.2, 0.25) is 0 Å². The molecule has 0 atom stereocenters. The van der Waals surface area contributed by atoms with Crippen molar-refractivity contribution in [1.82, 2.24) is 9.55 Å². The molecule has 3 aromatic rings. The lowest BCUT2D eigenvalue weighted by atomic mass is 10.2. The number of fused-ring (bicyclic) bond motifs is 1. The number of benzene rings is 2. The number of hydrogen-bond donors (Lipinski definition) is 0. The molecule has 1 aromatic heterocycles. The van der Waals surface area contributed by atoms with Gasteiger partial charge in [0.15, 0.2) is 0 Å². The first-order valence-corrected chi connectivity index (χ1v) is 8.50. The lowest BCUT2D eigenvalue weighted by Crippen LogP contribution is -1.99. The molecule has 1 heterocycles. The van der Waals surface area contributed by atoms with E-state index in [9.17, 15) is 0 Å². The molecule has 102 valence electrons. The summed E-state index contributed by atoms with van der Waals surface area (Å²) in [6.45, 7) is 2.08. The maximum Gasteiger partial charge on any atom is 0.129 e. The van der Waals surface area contributed by atoms with Gasteiger partial charge in [0.05, 0.1) is 16.9 Å². The van der Waals surface area contributed by atoms with Crippen molar-refractivity contribution in [1.29, 1.82) is 0 Å². The molecule has 0 saturated carbocycles. The first-order chi connectivity index (χ1) is 9.60. The van der Waals surface area contributed by atoms with Crippen LogP contribution in [0.3, 0.4) is 0 Å². The SMILES string of the molecule is Cc1cc(-n2c(CCl)nc3cc(I)ccc32)ccc1Br. The van der Waals surface area contributed by atoms with Crippen LogP contribution < -0.4 is 0 Å². The Morgan fingerprint density at radius 3 is 2.75 bits per heavy atom. The zero-order valence-electron chi connectivity index (χ0n) is 10.7. The maximum atomic E-state index is 6.07. The van der Waals surface area contributed by atoms with Crippen molar-refractivity contribution in [3.8, 4) is 5.69 Å². The third-order valence-corrected chi connectivity index (χ3v) is 5.01. The van der Waals surface area contributed by atoms with E-state index in [2.05, 4.69) is 91.4 Å². The smallest absolute Gasteiger partial charge is 0.129 e. The van der Waals surface area contributed by atoms with Crippen LogP contribution in [0.5, 0.6) is 0 Å². The second-order valence-corrected chi connectivity index (χ2v) is 6.93. The highest BCUT2D eigenvalue weighted by atomic mass is 127. The summed E-state index contributed by atoms with van der Waals surface area (Å²) >= 11 is 11.9. The third-order valence-electron chi connectivity index (χ3n) is 3.21. The van der Waals surface area contributed by atoms with E-state index in [0.717, 1.165) is 27.0 Å². The average molecular weight is 462 g/mol. The molecule has 0 radical (unpaired) electrons. The first-order valence-electron chi connectivity index (χ1n) is 6.09. The highest BCUT2D eigenvalue weighted by Gasteiger charge is 2.12. The Balaban J connectivity index is 2.30. The average Bonchev–Trinajstić information content (AvgIpc) is 2.79. The van der Waals surface area contributed by atoms with Crippen molar-refractivity contribution < 1.29 is 0 Å². The van der Waals surface area contributed by atoms with E-state index in [1.165, 1.54) is 9.13 Å². The van der Waals surface area contributed by atoms with Crippen LogP contribution in [0.4, 0.5) is 0 Å². The predicted octanol–water partition coefficient (Wildman–Crippen LogP) is 5.44. The number of rotatable bonds is 2. The van der Waals surface area contributed by atoms with E-state index in [0.29, 0.717) is 5.88 Å². The molecule has 20 heavy (non-hydrogen) atoms. The number of alkyl halides is 1. The van der Waals surface area contributed by atoms with Gasteiger partial charge in [-0.25, -0.2) is 4.98 Å². The molecular weight excluding hydrogens is 450 g/mol. The van der Waals surface area contributed by atoms with E-state index < -0.39 is 0 Å². The van der Waals surface area contributed by atoms with Gasteiger partial charge in [0.1, 0.15) is 5.82 Å². The van der Waals surface area contributed by atoms with Gasteiger partial charge < -0.3 is 0 Å². The Morgan fingerprint density at radius 1 is 1.25 bits per heavy atom. The molecule has 0 amide bonds. The fraction of sp³-hybridized carbons (Fsp3) is 0.133. The highest BCUT2D eigenvalue weighted by Crippen LogP contribution is 2.26. The number of nitrogens with zero attached hydrogens (tertiary/aromatic N) is 2. The van der Waals surface area contributed by atoms with Crippen LogP contribution in [0.25, 0.3) is 16.7 Å². The second kappa shape index (κ2) is 5.66. The second-order valence-electron chi connectivity index (χ2n) is 4.56. The number of imidazole rings is 1. The van der Waals surface area contributed by atoms with Crippen molar-refractivity contribution in [2.75, 3.05) is 0 Å². The molecule has 0 aliphatic rings. The van der Waals surface area contributed by atoms with Crippen LogP contribution in [0.15, 0.2) is 40.9 Å². The Hall–Kier alpha value is -0.590. The van der Waals surface area contributed by atoms with Crippen molar-refractivity contribution in [3.63, 3.8) is 0 Å². The number of halogens is 3. The van der Waals surface area contributed by atoms with Gasteiger partial charge in [0.25, 0.3) is 0 Å². The summed E-state index contributed by atoms with van der Waals surface area (Å²) in [5.74, 6) is 1.26. The Labute approximate surface area is 144 Å². The molecule has 0 saturated heterocycles. The van der Waals surface area contributed by atoms with Crippen LogP contribution in [-0.4, -0.2) is 9.55 Å². The molecule has 5 heteroatoms. The maximum absolute atomic E-state index is 6.07. The Kier molecular flexibility index (Phi) is 4.06. The number of aromatic nitrogens is 2. The van der Waals surface area contributed by atoms with Gasteiger partial charge in [-0.05, 0) is 71.5 Å². The predicted molar refractivity (Wildman–Crippen MR) is 95.8 cm³/mol. The van der Waals surface area contributed by atoms with E-state index in [1.807, 2.05) is 0 Å². The number of aryl methyl sites for hydroxylation is 1. The molecule has 0 aliphatic heterocycles. The Morgan fingerprint density at radius 2 is 2.05 bits per heavy atom. The highest BCUT2D eigenvalue weighted by molar-refractivity contribution is 14.1. The lowest BCUT2D eigenvalue weighted by Gasteiger charge is -2.09. The zero-order chi connectivity index (χ0) is 14.3. The normalized spacial score (nSPS) is 11.2. The minimum Gasteiger partial charge on any atom is -0.295 e. The van der Waals surface area contributed by atoms with Gasteiger partial charge in [-0.15, -0.1) is 11.6 Å². The molecule has 0 bridgehead atoms. The van der Waals surface area contributed by atoms with Gasteiger partial charge in [-0.2, -0.15) is 0 Å². The van der Waals surface area contributed by atoms with Crippen molar-refractivity contribution >= 4 is 61.2 Å². The molecule has 0 fully saturated rings. The summed E-state index contributed by atoms with van der Waals surface area (Å²) in [6.07, 6.45) is 0. The van der Waals surface area contributed by atoms with Gasteiger partial charge in [0, 0.05) is 13.7 Å². The molecule has 3 rings (SSSR count). The first kappa shape index (κ1) is 14.4. The van der Waals surface area contributed by atoms with E-state index in [-0.39, 0.29) is 0 Å². The van der Waals surface area contributed by atoms with Gasteiger partial charge in [-0.1, -0.05) is 15.9 Å². The minimum atomic E-state index is 0.389. The van der Waals surface area contributed by atoms with Crippen LogP contribution in [0, 0.1) is 10.5 Å². The van der Waals surface area contributed by atoms with Crippen molar-refractivity contribution in [3.05, 3.63) is 55.8 Å². The summed E-state index contributed by atoms with van der Waals surface area (Å²) in [6, 6.07) is 12.5. The summed E-state index contributed by atoms with van der Waals surface area (Å²) < 4.78 is 4.40. The standard InChI is InChI=1S/C15H11BrClIN2/c1-9-6-11(3-4-12(9)16)20-14-5-2-10(18)7-13(14)19-15(20)8-17/h2-7H,8H2,1H3. The summed E-state index contributed by atoms with van der Waals surface area (Å²) in [5.41, 5.74) is 4.34. The monoisotopic (exact) mass is 460 g/mol. The zero-order valence-corrected chi connectivity index (χ0v) is 15.2. The van der Waals surface area contributed by atoms with Crippen LogP contribution in [0.1, 0.15) is 11.4 Å². The van der Waals surface area contributed by atoms with E-state index >= 15 is 0 Å². The molecule has 2 nitrogen and oxygen atoms in total. The molecule has 0 aliphatic carbocycles. The Bertz CT molecular complexity index is 798.